The van der Waals surface area contributed by atoms with Crippen molar-refractivity contribution in [3.05, 3.63) is 0 Å². The van der Waals surface area contributed by atoms with Crippen molar-refractivity contribution in [1.82, 2.24) is 15.5 Å². The quantitative estimate of drug-likeness (QED) is 0.635. The van der Waals surface area contributed by atoms with E-state index < -0.39 is 0 Å². The van der Waals surface area contributed by atoms with Gasteiger partial charge in [-0.3, -0.25) is 14.5 Å². The van der Waals surface area contributed by atoms with Gasteiger partial charge in [-0.2, -0.15) is 0 Å². The van der Waals surface area contributed by atoms with E-state index in [1.54, 1.807) is 0 Å². The van der Waals surface area contributed by atoms with Gasteiger partial charge in [0.25, 0.3) is 0 Å². The van der Waals surface area contributed by atoms with Crippen LogP contribution in [0.25, 0.3) is 0 Å². The molecule has 0 bridgehead atoms. The molecule has 6 nitrogen and oxygen atoms in total. The predicted molar refractivity (Wildman–Crippen MR) is 90.8 cm³/mol. The summed E-state index contributed by atoms with van der Waals surface area (Å²) in [6.07, 6.45) is 5.99. The van der Waals surface area contributed by atoms with Crippen molar-refractivity contribution >= 4 is 11.8 Å². The van der Waals surface area contributed by atoms with Gasteiger partial charge in [0.1, 0.15) is 0 Å². The molecule has 1 saturated carbocycles. The smallest absolute Gasteiger partial charge is 0.234 e. The van der Waals surface area contributed by atoms with Gasteiger partial charge < -0.3 is 16.4 Å². The first-order valence-electron chi connectivity index (χ1n) is 9.13. The first-order chi connectivity index (χ1) is 11.1. The van der Waals surface area contributed by atoms with Gasteiger partial charge in [-0.25, -0.2) is 0 Å². The molecule has 23 heavy (non-hydrogen) atoms. The van der Waals surface area contributed by atoms with E-state index in [4.69, 9.17) is 5.73 Å². The molecule has 1 heterocycles. The van der Waals surface area contributed by atoms with Gasteiger partial charge in [-0.15, -0.1) is 0 Å². The fourth-order valence-electron chi connectivity index (χ4n) is 3.73. The Balaban J connectivity index is 1.68. The molecule has 1 aliphatic heterocycles. The number of nitrogens with zero attached hydrogens (tertiary/aromatic N) is 1. The van der Waals surface area contributed by atoms with Gasteiger partial charge in [-0.1, -0.05) is 13.3 Å². The SMILES string of the molecule is CCCNC(=O)CN1CCC(NC(=O)[C@@H]2CCC[C@@H]2CN)CC1. The van der Waals surface area contributed by atoms with Crippen LogP contribution in [-0.4, -0.2) is 55.5 Å². The molecule has 0 aromatic carbocycles. The topological polar surface area (TPSA) is 87.5 Å². The number of hydrogen-bond acceptors (Lipinski definition) is 4. The number of amides is 2. The maximum Gasteiger partial charge on any atom is 0.234 e. The predicted octanol–water partition coefficient (Wildman–Crippen LogP) is 0.468. The highest BCUT2D eigenvalue weighted by Crippen LogP contribution is 2.31. The second-order valence-corrected chi connectivity index (χ2v) is 6.94. The summed E-state index contributed by atoms with van der Waals surface area (Å²) in [5, 5.41) is 6.12. The molecule has 2 fully saturated rings. The van der Waals surface area contributed by atoms with Gasteiger partial charge >= 0.3 is 0 Å². The molecular formula is C17H32N4O2. The highest BCUT2D eigenvalue weighted by atomic mass is 16.2. The Labute approximate surface area is 139 Å². The van der Waals surface area contributed by atoms with E-state index in [2.05, 4.69) is 15.5 Å². The molecule has 0 aromatic heterocycles. The fraction of sp³-hybridized carbons (Fsp3) is 0.882. The minimum atomic E-state index is 0.103. The summed E-state index contributed by atoms with van der Waals surface area (Å²) in [6.45, 7) is 5.62. The zero-order chi connectivity index (χ0) is 16.7. The average molecular weight is 324 g/mol. The van der Waals surface area contributed by atoms with Crippen molar-refractivity contribution in [3.8, 4) is 0 Å². The Kier molecular flexibility index (Phi) is 7.30. The van der Waals surface area contributed by atoms with E-state index >= 15 is 0 Å². The van der Waals surface area contributed by atoms with Gasteiger partial charge in [-0.05, 0) is 44.6 Å². The van der Waals surface area contributed by atoms with Crippen LogP contribution in [0.1, 0.15) is 45.4 Å². The molecule has 0 unspecified atom stereocenters. The first-order valence-corrected chi connectivity index (χ1v) is 9.13. The first kappa shape index (κ1) is 18.2. The van der Waals surface area contributed by atoms with E-state index in [-0.39, 0.29) is 23.8 Å². The Morgan fingerprint density at radius 1 is 1.17 bits per heavy atom. The lowest BCUT2D eigenvalue weighted by Crippen LogP contribution is -2.49. The van der Waals surface area contributed by atoms with Crippen LogP contribution in [0.2, 0.25) is 0 Å². The van der Waals surface area contributed by atoms with Crippen LogP contribution in [0.5, 0.6) is 0 Å². The normalized spacial score (nSPS) is 26.2. The van der Waals surface area contributed by atoms with E-state index in [0.717, 1.165) is 58.2 Å². The molecule has 4 N–H and O–H groups in total. The summed E-state index contributed by atoms with van der Waals surface area (Å²) in [4.78, 5) is 26.3. The van der Waals surface area contributed by atoms with Crippen LogP contribution < -0.4 is 16.4 Å². The zero-order valence-corrected chi connectivity index (χ0v) is 14.4. The molecular weight excluding hydrogens is 292 g/mol. The monoisotopic (exact) mass is 324 g/mol. The van der Waals surface area contributed by atoms with Crippen molar-refractivity contribution in [3.63, 3.8) is 0 Å². The van der Waals surface area contributed by atoms with Crippen LogP contribution in [0.3, 0.4) is 0 Å². The average Bonchev–Trinajstić information content (AvgIpc) is 3.03. The van der Waals surface area contributed by atoms with Gasteiger partial charge in [0, 0.05) is 31.6 Å². The standard InChI is InChI=1S/C17H32N4O2/c1-2-8-19-16(22)12-21-9-6-14(7-10-21)20-17(23)15-5-3-4-13(15)11-18/h13-15H,2-12,18H2,1H3,(H,19,22)(H,20,23)/t13-,15-/m1/s1. The molecule has 0 aromatic rings. The molecule has 2 atom stereocenters. The summed E-state index contributed by atoms with van der Waals surface area (Å²) in [5.74, 6) is 0.762. The Morgan fingerprint density at radius 2 is 1.91 bits per heavy atom. The molecule has 0 radical (unpaired) electrons. The van der Waals surface area contributed by atoms with Gasteiger partial charge in [0.15, 0.2) is 0 Å². The molecule has 1 saturated heterocycles. The summed E-state index contributed by atoms with van der Waals surface area (Å²) < 4.78 is 0. The Bertz CT molecular complexity index is 394. The summed E-state index contributed by atoms with van der Waals surface area (Å²) >= 11 is 0. The number of rotatable bonds is 7. The summed E-state index contributed by atoms with van der Waals surface area (Å²) in [6, 6.07) is 0.247. The number of likely N-dealkylation sites (tertiary alicyclic amines) is 1. The van der Waals surface area contributed by atoms with Crippen molar-refractivity contribution in [2.24, 2.45) is 17.6 Å². The van der Waals surface area contributed by atoms with Gasteiger partial charge in [0.2, 0.25) is 11.8 Å². The van der Waals surface area contributed by atoms with Crippen LogP contribution in [0.15, 0.2) is 0 Å². The summed E-state index contributed by atoms with van der Waals surface area (Å²) in [7, 11) is 0. The molecule has 1 aliphatic carbocycles. The van der Waals surface area contributed by atoms with E-state index in [0.29, 0.717) is 19.0 Å². The fourth-order valence-corrected chi connectivity index (χ4v) is 3.73. The molecule has 6 heteroatoms. The maximum absolute atomic E-state index is 12.4. The Hall–Kier alpha value is -1.14. The van der Waals surface area contributed by atoms with Crippen molar-refractivity contribution in [2.45, 2.75) is 51.5 Å². The number of nitrogens with two attached hydrogens (primary N) is 1. The number of carbonyl (C=O) groups excluding carboxylic acids is 2. The minimum Gasteiger partial charge on any atom is -0.355 e. The highest BCUT2D eigenvalue weighted by molar-refractivity contribution is 5.79. The van der Waals surface area contributed by atoms with E-state index in [9.17, 15) is 9.59 Å². The lowest BCUT2D eigenvalue weighted by atomic mass is 9.94. The second-order valence-electron chi connectivity index (χ2n) is 6.94. The number of nitrogens with one attached hydrogen (secondary N) is 2. The van der Waals surface area contributed by atoms with Crippen molar-refractivity contribution < 1.29 is 9.59 Å². The number of hydrogen-bond donors (Lipinski definition) is 3. The van der Waals surface area contributed by atoms with Crippen molar-refractivity contribution in [2.75, 3.05) is 32.7 Å². The highest BCUT2D eigenvalue weighted by Gasteiger charge is 2.33. The minimum absolute atomic E-state index is 0.103. The second kappa shape index (κ2) is 9.23. The largest absolute Gasteiger partial charge is 0.355 e. The molecule has 2 amide bonds. The third-order valence-electron chi connectivity index (χ3n) is 5.17. The van der Waals surface area contributed by atoms with Crippen LogP contribution in [0.4, 0.5) is 0 Å². The number of carbonyl (C=O) groups is 2. The molecule has 2 rings (SSSR count). The molecule has 0 spiro atoms. The number of piperidine rings is 1. The van der Waals surface area contributed by atoms with E-state index in [1.165, 1.54) is 0 Å². The zero-order valence-electron chi connectivity index (χ0n) is 14.4. The van der Waals surface area contributed by atoms with Crippen LogP contribution in [-0.2, 0) is 9.59 Å². The summed E-state index contributed by atoms with van der Waals surface area (Å²) in [5.41, 5.74) is 5.77. The van der Waals surface area contributed by atoms with Crippen LogP contribution >= 0.6 is 0 Å². The molecule has 132 valence electrons. The van der Waals surface area contributed by atoms with E-state index in [1.807, 2.05) is 6.92 Å². The third-order valence-corrected chi connectivity index (χ3v) is 5.17. The Morgan fingerprint density at radius 3 is 2.57 bits per heavy atom. The van der Waals surface area contributed by atoms with Gasteiger partial charge in [0.05, 0.1) is 6.54 Å². The van der Waals surface area contributed by atoms with Crippen LogP contribution in [0, 0.1) is 11.8 Å². The lowest BCUT2D eigenvalue weighted by molar-refractivity contribution is -0.127. The maximum atomic E-state index is 12.4. The third kappa shape index (κ3) is 5.46. The molecule has 2 aliphatic rings. The lowest BCUT2D eigenvalue weighted by Gasteiger charge is -2.32. The van der Waals surface area contributed by atoms with Crippen molar-refractivity contribution in [1.29, 1.82) is 0 Å².